The van der Waals surface area contributed by atoms with Gasteiger partial charge in [-0.2, -0.15) is 5.26 Å². The van der Waals surface area contributed by atoms with Gasteiger partial charge in [-0.1, -0.05) is 36.4 Å². The van der Waals surface area contributed by atoms with Crippen LogP contribution in [0.5, 0.6) is 5.75 Å². The normalized spacial score (nSPS) is 9.80. The molecule has 100 valence electrons. The number of benzene rings is 2. The van der Waals surface area contributed by atoms with Gasteiger partial charge in [-0.25, -0.2) is 0 Å². The molecule has 0 saturated carbocycles. The third-order valence-corrected chi connectivity index (χ3v) is 2.95. The molecule has 2 aromatic rings. The van der Waals surface area contributed by atoms with Crippen LogP contribution in [0.3, 0.4) is 0 Å². The van der Waals surface area contributed by atoms with Gasteiger partial charge in [0.25, 0.3) is 0 Å². The highest BCUT2D eigenvalue weighted by atomic mass is 16.5. The molecule has 0 atom stereocenters. The van der Waals surface area contributed by atoms with E-state index in [0.29, 0.717) is 17.7 Å². The van der Waals surface area contributed by atoms with Crippen LogP contribution in [-0.2, 0) is 11.2 Å². The number of carbonyl (C=O) groups is 1. The summed E-state index contributed by atoms with van der Waals surface area (Å²) in [6, 6.07) is 16.8. The van der Waals surface area contributed by atoms with Crippen molar-refractivity contribution in [2.24, 2.45) is 0 Å². The Labute approximate surface area is 118 Å². The maximum absolute atomic E-state index is 11.9. The highest BCUT2D eigenvalue weighted by molar-refractivity contribution is 5.82. The first kappa shape index (κ1) is 13.8. The molecule has 3 heteroatoms. The largest absolute Gasteiger partial charge is 0.486 e. The number of nitrogens with zero attached hydrogens (tertiary/aromatic N) is 1. The Balaban J connectivity index is 1.95. The van der Waals surface area contributed by atoms with Crippen molar-refractivity contribution in [3.63, 3.8) is 0 Å². The summed E-state index contributed by atoms with van der Waals surface area (Å²) < 4.78 is 5.51. The first-order valence-electron chi connectivity index (χ1n) is 6.38. The van der Waals surface area contributed by atoms with Crippen LogP contribution in [0.15, 0.2) is 48.5 Å². The molecule has 20 heavy (non-hydrogen) atoms. The summed E-state index contributed by atoms with van der Waals surface area (Å²) in [6.45, 7) is 1.91. The first-order valence-corrected chi connectivity index (χ1v) is 6.38. The Kier molecular flexibility index (Phi) is 4.52. The average Bonchev–Trinajstić information content (AvgIpc) is 2.47. The summed E-state index contributed by atoms with van der Waals surface area (Å²) in [6.07, 6.45) is 0.359. The molecule has 0 fully saturated rings. The average molecular weight is 265 g/mol. The van der Waals surface area contributed by atoms with E-state index in [-0.39, 0.29) is 12.4 Å². The lowest BCUT2D eigenvalue weighted by Gasteiger charge is -2.08. The van der Waals surface area contributed by atoms with Gasteiger partial charge in [-0.15, -0.1) is 0 Å². The van der Waals surface area contributed by atoms with Crippen molar-refractivity contribution < 1.29 is 9.53 Å². The van der Waals surface area contributed by atoms with E-state index in [1.165, 1.54) is 0 Å². The van der Waals surface area contributed by atoms with Crippen molar-refractivity contribution in [2.45, 2.75) is 13.3 Å². The van der Waals surface area contributed by atoms with Crippen molar-refractivity contribution in [1.82, 2.24) is 0 Å². The van der Waals surface area contributed by atoms with Gasteiger partial charge in [-0.3, -0.25) is 4.79 Å². The molecule has 0 aromatic heterocycles. The Bertz CT molecular complexity index is 642. The number of rotatable bonds is 5. The van der Waals surface area contributed by atoms with Crippen molar-refractivity contribution in [2.75, 3.05) is 6.61 Å². The molecular weight excluding hydrogens is 250 g/mol. The SMILES string of the molecule is Cc1ccc(C#N)cc1OCC(=O)Cc1ccccc1. The smallest absolute Gasteiger partial charge is 0.174 e. The first-order chi connectivity index (χ1) is 9.69. The van der Waals surface area contributed by atoms with E-state index >= 15 is 0 Å². The predicted molar refractivity (Wildman–Crippen MR) is 76.5 cm³/mol. The second kappa shape index (κ2) is 6.53. The molecule has 0 unspecified atom stereocenters. The van der Waals surface area contributed by atoms with Gasteiger partial charge in [0.1, 0.15) is 12.4 Å². The number of nitriles is 1. The van der Waals surface area contributed by atoms with Crippen molar-refractivity contribution in [3.05, 3.63) is 65.2 Å². The quantitative estimate of drug-likeness (QED) is 0.834. The summed E-state index contributed by atoms with van der Waals surface area (Å²) in [4.78, 5) is 11.9. The van der Waals surface area contributed by atoms with Crippen molar-refractivity contribution in [3.8, 4) is 11.8 Å². The van der Waals surface area contributed by atoms with Crippen molar-refractivity contribution in [1.29, 1.82) is 5.26 Å². The maximum Gasteiger partial charge on any atom is 0.174 e. The van der Waals surface area contributed by atoms with Gasteiger partial charge >= 0.3 is 0 Å². The molecule has 0 radical (unpaired) electrons. The molecule has 0 heterocycles. The molecule has 0 amide bonds. The lowest BCUT2D eigenvalue weighted by atomic mass is 10.1. The molecule has 0 spiro atoms. The van der Waals surface area contributed by atoms with Crippen LogP contribution in [0.4, 0.5) is 0 Å². The van der Waals surface area contributed by atoms with Crippen LogP contribution in [0.2, 0.25) is 0 Å². The molecule has 0 aliphatic rings. The summed E-state index contributed by atoms with van der Waals surface area (Å²) >= 11 is 0. The van der Waals surface area contributed by atoms with E-state index in [1.54, 1.807) is 12.1 Å². The van der Waals surface area contributed by atoms with Gasteiger partial charge in [0.05, 0.1) is 11.6 Å². The Morgan fingerprint density at radius 3 is 2.65 bits per heavy atom. The number of aryl methyl sites for hydroxylation is 1. The Morgan fingerprint density at radius 2 is 1.95 bits per heavy atom. The van der Waals surface area contributed by atoms with E-state index in [2.05, 4.69) is 6.07 Å². The summed E-state index contributed by atoms with van der Waals surface area (Å²) in [5.74, 6) is 0.600. The van der Waals surface area contributed by atoms with Crippen LogP contribution < -0.4 is 4.74 Å². The molecule has 3 nitrogen and oxygen atoms in total. The molecular formula is C17H15NO2. The topological polar surface area (TPSA) is 50.1 Å². The number of ether oxygens (including phenoxy) is 1. The Morgan fingerprint density at radius 1 is 1.20 bits per heavy atom. The van der Waals surface area contributed by atoms with Gasteiger partial charge < -0.3 is 4.74 Å². The van der Waals surface area contributed by atoms with Crippen LogP contribution in [0.25, 0.3) is 0 Å². The highest BCUT2D eigenvalue weighted by Gasteiger charge is 2.07. The standard InChI is InChI=1S/C17H15NO2/c1-13-7-8-15(11-18)10-17(13)20-12-16(19)9-14-5-3-2-4-6-14/h2-8,10H,9,12H2,1H3. The van der Waals surface area contributed by atoms with Crippen LogP contribution >= 0.6 is 0 Å². The van der Waals surface area contributed by atoms with Crippen LogP contribution in [-0.4, -0.2) is 12.4 Å². The highest BCUT2D eigenvalue weighted by Crippen LogP contribution is 2.19. The van der Waals surface area contributed by atoms with Gasteiger partial charge in [0, 0.05) is 6.42 Å². The number of hydrogen-bond donors (Lipinski definition) is 0. The minimum Gasteiger partial charge on any atom is -0.486 e. The second-order valence-corrected chi connectivity index (χ2v) is 4.58. The summed E-state index contributed by atoms with van der Waals surface area (Å²) in [7, 11) is 0. The molecule has 0 saturated heterocycles. The fourth-order valence-corrected chi connectivity index (χ4v) is 1.86. The molecule has 0 aliphatic heterocycles. The van der Waals surface area contributed by atoms with E-state index in [1.807, 2.05) is 43.3 Å². The molecule has 2 rings (SSSR count). The van der Waals surface area contributed by atoms with Crippen LogP contribution in [0, 0.1) is 18.3 Å². The monoisotopic (exact) mass is 265 g/mol. The lowest BCUT2D eigenvalue weighted by molar-refractivity contribution is -0.120. The van der Waals surface area contributed by atoms with Crippen molar-refractivity contribution >= 4 is 5.78 Å². The zero-order chi connectivity index (χ0) is 14.4. The predicted octanol–water partition coefficient (Wildman–Crippen LogP) is 3.06. The van der Waals surface area contributed by atoms with Gasteiger partial charge in [0.2, 0.25) is 0 Å². The van der Waals surface area contributed by atoms with Gasteiger partial charge in [-0.05, 0) is 30.2 Å². The maximum atomic E-state index is 11.9. The van der Waals surface area contributed by atoms with E-state index in [9.17, 15) is 4.79 Å². The second-order valence-electron chi connectivity index (χ2n) is 4.58. The molecule has 2 aromatic carbocycles. The number of ketones is 1. The fourth-order valence-electron chi connectivity index (χ4n) is 1.86. The molecule has 0 aliphatic carbocycles. The number of hydrogen-bond acceptors (Lipinski definition) is 3. The number of Topliss-reactive ketones (excluding diaryl/α,β-unsaturated/α-hetero) is 1. The zero-order valence-electron chi connectivity index (χ0n) is 11.3. The molecule has 0 bridgehead atoms. The van der Waals surface area contributed by atoms with E-state index < -0.39 is 0 Å². The van der Waals surface area contributed by atoms with E-state index in [0.717, 1.165) is 11.1 Å². The fraction of sp³-hybridized carbons (Fsp3) is 0.176. The molecule has 0 N–H and O–H groups in total. The third kappa shape index (κ3) is 3.69. The van der Waals surface area contributed by atoms with E-state index in [4.69, 9.17) is 10.00 Å². The lowest BCUT2D eigenvalue weighted by Crippen LogP contribution is -2.14. The minimum absolute atomic E-state index is 0.0120. The van der Waals surface area contributed by atoms with Gasteiger partial charge in [0.15, 0.2) is 5.78 Å². The minimum atomic E-state index is 0.0120. The summed E-state index contributed by atoms with van der Waals surface area (Å²) in [5, 5.41) is 8.85. The number of carbonyl (C=O) groups excluding carboxylic acids is 1. The zero-order valence-corrected chi connectivity index (χ0v) is 11.3. The third-order valence-electron chi connectivity index (χ3n) is 2.95. The Hall–Kier alpha value is -2.60. The van der Waals surface area contributed by atoms with Crippen LogP contribution in [0.1, 0.15) is 16.7 Å². The summed E-state index contributed by atoms with van der Waals surface area (Å²) in [5.41, 5.74) is 2.42.